The number of carbonyl (C=O) groups is 1. The normalized spacial score (nSPS) is 19.7. The van der Waals surface area contributed by atoms with E-state index >= 15 is 0 Å². The van der Waals surface area contributed by atoms with Gasteiger partial charge >= 0.3 is 0 Å². The largest absolute Gasteiger partial charge is 0.496 e. The highest BCUT2D eigenvalue weighted by molar-refractivity contribution is 5.97. The van der Waals surface area contributed by atoms with Crippen LogP contribution >= 0.6 is 0 Å². The maximum atomic E-state index is 13.8. The Bertz CT molecular complexity index is 451. The van der Waals surface area contributed by atoms with Crippen molar-refractivity contribution in [3.8, 4) is 5.75 Å². The maximum Gasteiger partial charge on any atom is 0.260 e. The van der Waals surface area contributed by atoms with Crippen LogP contribution in [0.4, 0.5) is 4.39 Å². The highest BCUT2D eigenvalue weighted by Crippen LogP contribution is 2.24. The molecule has 0 aromatic heterocycles. The molecule has 0 bridgehead atoms. The molecule has 0 unspecified atom stereocenters. The van der Waals surface area contributed by atoms with Crippen molar-refractivity contribution in [1.82, 2.24) is 10.2 Å². The molecule has 0 spiro atoms. The predicted octanol–water partition coefficient (Wildman–Crippen LogP) is 1.27. The van der Waals surface area contributed by atoms with Gasteiger partial charge in [0.2, 0.25) is 0 Å². The van der Waals surface area contributed by atoms with Crippen LogP contribution in [0.1, 0.15) is 17.3 Å². The Hall–Kier alpha value is -1.62. The second-order valence-corrected chi connectivity index (χ2v) is 4.37. The zero-order valence-electron chi connectivity index (χ0n) is 10.6. The lowest BCUT2D eigenvalue weighted by Crippen LogP contribution is -2.52. The number of amides is 1. The number of hydrogen-bond donors (Lipinski definition) is 1. The summed E-state index contributed by atoms with van der Waals surface area (Å²) < 4.78 is 18.9. The first-order valence-electron chi connectivity index (χ1n) is 5.99. The van der Waals surface area contributed by atoms with Gasteiger partial charge in [0.25, 0.3) is 5.91 Å². The van der Waals surface area contributed by atoms with E-state index in [1.807, 2.05) is 6.92 Å². The monoisotopic (exact) mass is 252 g/mol. The quantitative estimate of drug-likeness (QED) is 0.861. The predicted molar refractivity (Wildman–Crippen MR) is 66.3 cm³/mol. The number of nitrogens with one attached hydrogen (secondary N) is 1. The summed E-state index contributed by atoms with van der Waals surface area (Å²) >= 11 is 0. The molecule has 2 rings (SSSR count). The minimum atomic E-state index is -0.537. The van der Waals surface area contributed by atoms with E-state index in [9.17, 15) is 9.18 Å². The first kappa shape index (κ1) is 12.8. The Morgan fingerprint density at radius 1 is 1.56 bits per heavy atom. The number of ether oxygens (including phenoxy) is 1. The maximum absolute atomic E-state index is 13.8. The minimum Gasteiger partial charge on any atom is -0.496 e. The molecule has 1 fully saturated rings. The average molecular weight is 252 g/mol. The molecule has 4 nitrogen and oxygen atoms in total. The van der Waals surface area contributed by atoms with Crippen molar-refractivity contribution in [3.63, 3.8) is 0 Å². The van der Waals surface area contributed by atoms with Gasteiger partial charge in [0.1, 0.15) is 17.1 Å². The van der Waals surface area contributed by atoms with Crippen molar-refractivity contribution in [2.45, 2.75) is 13.0 Å². The van der Waals surface area contributed by atoms with Crippen LogP contribution in [0.3, 0.4) is 0 Å². The minimum absolute atomic E-state index is 0.0220. The van der Waals surface area contributed by atoms with E-state index in [1.54, 1.807) is 11.0 Å². The average Bonchev–Trinajstić information content (AvgIpc) is 2.38. The molecule has 0 aliphatic carbocycles. The third kappa shape index (κ3) is 2.31. The highest BCUT2D eigenvalue weighted by Gasteiger charge is 2.28. The van der Waals surface area contributed by atoms with Gasteiger partial charge < -0.3 is 15.0 Å². The SMILES string of the molecule is COc1cccc(F)c1C(=O)N1CCNC[C@@H]1C. The molecule has 1 aliphatic rings. The van der Waals surface area contributed by atoms with Gasteiger partial charge in [-0.2, -0.15) is 0 Å². The molecule has 1 heterocycles. The Labute approximate surface area is 106 Å². The van der Waals surface area contributed by atoms with E-state index < -0.39 is 5.82 Å². The molecule has 0 saturated carbocycles. The van der Waals surface area contributed by atoms with Crippen LogP contribution in [0.15, 0.2) is 18.2 Å². The number of piperazine rings is 1. The van der Waals surface area contributed by atoms with Gasteiger partial charge in [0.15, 0.2) is 0 Å². The molecule has 98 valence electrons. The molecular formula is C13H17FN2O2. The number of hydrogen-bond acceptors (Lipinski definition) is 3. The van der Waals surface area contributed by atoms with Crippen LogP contribution < -0.4 is 10.1 Å². The van der Waals surface area contributed by atoms with E-state index in [1.165, 1.54) is 19.2 Å². The van der Waals surface area contributed by atoms with Crippen molar-refractivity contribution in [3.05, 3.63) is 29.6 Å². The van der Waals surface area contributed by atoms with Crippen LogP contribution in [0.2, 0.25) is 0 Å². The third-order valence-corrected chi connectivity index (χ3v) is 3.17. The molecule has 1 N–H and O–H groups in total. The summed E-state index contributed by atoms with van der Waals surface area (Å²) in [5, 5.41) is 3.20. The second-order valence-electron chi connectivity index (χ2n) is 4.37. The van der Waals surface area contributed by atoms with Crippen molar-refractivity contribution >= 4 is 5.91 Å². The first-order chi connectivity index (χ1) is 8.65. The standard InChI is InChI=1S/C13H17FN2O2/c1-9-8-15-6-7-16(9)13(17)12-10(14)4-3-5-11(12)18-2/h3-5,9,15H,6-8H2,1-2H3/t9-/m0/s1. The summed E-state index contributed by atoms with van der Waals surface area (Å²) in [4.78, 5) is 14.1. The summed E-state index contributed by atoms with van der Waals surface area (Å²) in [6, 6.07) is 4.47. The molecule has 18 heavy (non-hydrogen) atoms. The van der Waals surface area contributed by atoms with Crippen LogP contribution in [0, 0.1) is 5.82 Å². The van der Waals surface area contributed by atoms with Gasteiger partial charge in [0, 0.05) is 25.7 Å². The zero-order chi connectivity index (χ0) is 13.1. The number of halogens is 1. The van der Waals surface area contributed by atoms with Gasteiger partial charge in [-0.25, -0.2) is 4.39 Å². The topological polar surface area (TPSA) is 41.6 Å². The molecular weight excluding hydrogens is 235 g/mol. The fraction of sp³-hybridized carbons (Fsp3) is 0.462. The van der Waals surface area contributed by atoms with Gasteiger partial charge in [-0.05, 0) is 19.1 Å². The van der Waals surface area contributed by atoms with E-state index in [0.29, 0.717) is 6.54 Å². The fourth-order valence-corrected chi connectivity index (χ4v) is 2.17. The smallest absolute Gasteiger partial charge is 0.260 e. The van der Waals surface area contributed by atoms with Gasteiger partial charge in [-0.3, -0.25) is 4.79 Å². The number of carbonyl (C=O) groups excluding carboxylic acids is 1. The molecule has 1 saturated heterocycles. The lowest BCUT2D eigenvalue weighted by atomic mass is 10.1. The number of nitrogens with zero attached hydrogens (tertiary/aromatic N) is 1. The van der Waals surface area contributed by atoms with Crippen LogP contribution in [0.25, 0.3) is 0 Å². The Kier molecular flexibility index (Phi) is 3.81. The Balaban J connectivity index is 2.33. The molecule has 5 heteroatoms. The molecule has 1 aliphatic heterocycles. The number of methoxy groups -OCH3 is 1. The fourth-order valence-electron chi connectivity index (χ4n) is 2.17. The van der Waals surface area contributed by atoms with E-state index in [4.69, 9.17) is 4.74 Å². The van der Waals surface area contributed by atoms with Crippen molar-refractivity contribution in [1.29, 1.82) is 0 Å². The molecule has 1 atom stereocenters. The third-order valence-electron chi connectivity index (χ3n) is 3.17. The molecule has 1 amide bonds. The summed E-state index contributed by atoms with van der Waals surface area (Å²) in [5.74, 6) is -0.560. The van der Waals surface area contributed by atoms with E-state index in [-0.39, 0.29) is 23.3 Å². The number of rotatable bonds is 2. The van der Waals surface area contributed by atoms with Crippen LogP contribution in [0.5, 0.6) is 5.75 Å². The molecule has 0 radical (unpaired) electrons. The van der Waals surface area contributed by atoms with Crippen molar-refractivity contribution < 1.29 is 13.9 Å². The molecule has 1 aromatic rings. The summed E-state index contributed by atoms with van der Waals surface area (Å²) in [5.41, 5.74) is 0.0220. The lowest BCUT2D eigenvalue weighted by Gasteiger charge is -2.34. The Morgan fingerprint density at radius 2 is 2.33 bits per heavy atom. The van der Waals surface area contributed by atoms with Gasteiger partial charge in [-0.15, -0.1) is 0 Å². The van der Waals surface area contributed by atoms with E-state index in [0.717, 1.165) is 13.1 Å². The Morgan fingerprint density at radius 3 is 3.00 bits per heavy atom. The zero-order valence-corrected chi connectivity index (χ0v) is 10.6. The summed E-state index contributed by atoms with van der Waals surface area (Å²) in [7, 11) is 1.44. The van der Waals surface area contributed by atoms with Crippen LogP contribution in [-0.2, 0) is 0 Å². The summed E-state index contributed by atoms with van der Waals surface area (Å²) in [6.45, 7) is 3.98. The van der Waals surface area contributed by atoms with Crippen molar-refractivity contribution in [2.75, 3.05) is 26.7 Å². The van der Waals surface area contributed by atoms with Gasteiger partial charge in [0.05, 0.1) is 7.11 Å². The highest BCUT2D eigenvalue weighted by atomic mass is 19.1. The summed E-state index contributed by atoms with van der Waals surface area (Å²) in [6.07, 6.45) is 0. The number of benzene rings is 1. The van der Waals surface area contributed by atoms with Gasteiger partial charge in [-0.1, -0.05) is 6.07 Å². The van der Waals surface area contributed by atoms with Crippen LogP contribution in [-0.4, -0.2) is 43.6 Å². The first-order valence-corrected chi connectivity index (χ1v) is 5.99. The van der Waals surface area contributed by atoms with E-state index in [2.05, 4.69) is 5.32 Å². The van der Waals surface area contributed by atoms with Crippen molar-refractivity contribution in [2.24, 2.45) is 0 Å². The lowest BCUT2D eigenvalue weighted by molar-refractivity contribution is 0.0647. The second kappa shape index (κ2) is 5.35. The molecule has 1 aromatic carbocycles.